The van der Waals surface area contributed by atoms with Crippen molar-refractivity contribution >= 4 is 19.8 Å². The molecule has 0 radical (unpaired) electrons. The van der Waals surface area contributed by atoms with Crippen molar-refractivity contribution < 1.29 is 37.9 Å². The van der Waals surface area contributed by atoms with E-state index in [1.165, 1.54) is 141 Å². The molecule has 0 heterocycles. The zero-order chi connectivity index (χ0) is 36.8. The van der Waals surface area contributed by atoms with Crippen molar-refractivity contribution in [3.63, 3.8) is 0 Å². The number of phosphoric acid groups is 1. The largest absolute Gasteiger partial charge is 0.469 e. The summed E-state index contributed by atoms with van der Waals surface area (Å²) in [5.41, 5.74) is 0. The van der Waals surface area contributed by atoms with Crippen molar-refractivity contribution in [2.75, 3.05) is 13.2 Å². The Bertz CT molecular complexity index is 827. The number of unbranched alkanes of at least 4 members (excludes halogenated alkanes) is 27. The number of carbonyl (C=O) groups is 2. The van der Waals surface area contributed by atoms with Gasteiger partial charge in [-0.05, 0) is 38.5 Å². The number of allylic oxidation sites excluding steroid dienone is 2. The first-order valence-electron chi connectivity index (χ1n) is 21.0. The first-order chi connectivity index (χ1) is 24.3. The molecule has 0 saturated heterocycles. The Morgan fingerprint density at radius 2 is 0.840 bits per heavy atom. The predicted octanol–water partition coefficient (Wildman–Crippen LogP) is 12.6. The van der Waals surface area contributed by atoms with E-state index in [4.69, 9.17) is 19.3 Å². The molecule has 0 aromatic carbocycles. The molecular formula is C41H79O8P. The van der Waals surface area contributed by atoms with Gasteiger partial charge in [0.15, 0.2) is 6.10 Å². The third-order valence-electron chi connectivity index (χ3n) is 9.28. The van der Waals surface area contributed by atoms with Crippen molar-refractivity contribution in [1.29, 1.82) is 0 Å². The fraction of sp³-hybridized carbons (Fsp3) is 0.902. The summed E-state index contributed by atoms with van der Waals surface area (Å²) < 4.78 is 26.4. The summed E-state index contributed by atoms with van der Waals surface area (Å²) in [7, 11) is -4.75. The monoisotopic (exact) mass is 731 g/mol. The van der Waals surface area contributed by atoms with Gasteiger partial charge in [0.2, 0.25) is 0 Å². The Hall–Kier alpha value is -1.21. The summed E-state index contributed by atoms with van der Waals surface area (Å²) in [6.45, 7) is 3.69. The second kappa shape index (κ2) is 37.5. The van der Waals surface area contributed by atoms with Gasteiger partial charge in [0.25, 0.3) is 0 Å². The molecule has 9 heteroatoms. The quantitative estimate of drug-likeness (QED) is 0.0278. The van der Waals surface area contributed by atoms with Gasteiger partial charge in [0.05, 0.1) is 6.61 Å². The lowest BCUT2D eigenvalue weighted by Gasteiger charge is -2.18. The second-order valence-electron chi connectivity index (χ2n) is 14.3. The van der Waals surface area contributed by atoms with Crippen LogP contribution in [0.2, 0.25) is 0 Å². The minimum atomic E-state index is -4.75. The highest BCUT2D eigenvalue weighted by Crippen LogP contribution is 2.36. The molecule has 0 amide bonds. The van der Waals surface area contributed by atoms with Gasteiger partial charge in [-0.3, -0.25) is 14.1 Å². The molecule has 1 atom stereocenters. The molecule has 0 saturated carbocycles. The van der Waals surface area contributed by atoms with Crippen molar-refractivity contribution in [2.45, 2.75) is 225 Å². The Morgan fingerprint density at radius 1 is 0.500 bits per heavy atom. The normalized spacial score (nSPS) is 12.5. The van der Waals surface area contributed by atoms with Gasteiger partial charge in [0.1, 0.15) is 6.61 Å². The second-order valence-corrected chi connectivity index (χ2v) is 15.6. The fourth-order valence-corrected chi connectivity index (χ4v) is 6.49. The Labute approximate surface area is 307 Å². The van der Waals surface area contributed by atoms with Crippen LogP contribution in [-0.2, 0) is 28.2 Å². The van der Waals surface area contributed by atoms with Gasteiger partial charge in [-0.15, -0.1) is 0 Å². The Kier molecular flexibility index (Phi) is 36.6. The highest BCUT2D eigenvalue weighted by atomic mass is 31.2. The van der Waals surface area contributed by atoms with Crippen molar-refractivity contribution in [3.05, 3.63) is 12.2 Å². The molecule has 0 aliphatic carbocycles. The third kappa shape index (κ3) is 39.6. The summed E-state index contributed by atoms with van der Waals surface area (Å²) in [4.78, 5) is 42.8. The highest BCUT2D eigenvalue weighted by Gasteiger charge is 2.22. The molecule has 0 spiro atoms. The molecule has 0 rings (SSSR count). The molecule has 2 N–H and O–H groups in total. The van der Waals surface area contributed by atoms with Crippen LogP contribution in [0.4, 0.5) is 0 Å². The van der Waals surface area contributed by atoms with Gasteiger partial charge >= 0.3 is 19.8 Å². The smallest absolute Gasteiger partial charge is 0.462 e. The molecule has 0 aromatic heterocycles. The standard InChI is InChI=1S/C41H79O8P/c1-3-5-7-9-11-13-15-17-19-20-22-24-26-28-30-32-34-36-41(43)49-39(38-48-50(44,45)46)37-47-40(42)35-33-31-29-27-25-23-21-18-16-14-12-10-8-6-4-2/h14,16,39H,3-13,15,17-38H2,1-2H3,(H2,44,45,46)/b16-14-/t39-/m1/s1. The molecule has 0 unspecified atom stereocenters. The van der Waals surface area contributed by atoms with Gasteiger partial charge in [0, 0.05) is 12.8 Å². The third-order valence-corrected chi connectivity index (χ3v) is 9.77. The number of phosphoric ester groups is 1. The minimum Gasteiger partial charge on any atom is -0.462 e. The maximum atomic E-state index is 12.4. The van der Waals surface area contributed by atoms with E-state index in [-0.39, 0.29) is 19.4 Å². The van der Waals surface area contributed by atoms with E-state index < -0.39 is 32.5 Å². The maximum Gasteiger partial charge on any atom is 0.469 e. The van der Waals surface area contributed by atoms with Crippen LogP contribution in [0.5, 0.6) is 0 Å². The van der Waals surface area contributed by atoms with E-state index in [1.54, 1.807) is 0 Å². The van der Waals surface area contributed by atoms with E-state index >= 15 is 0 Å². The minimum absolute atomic E-state index is 0.217. The van der Waals surface area contributed by atoms with Crippen molar-refractivity contribution in [1.82, 2.24) is 0 Å². The van der Waals surface area contributed by atoms with Crippen LogP contribution < -0.4 is 0 Å². The zero-order valence-electron chi connectivity index (χ0n) is 32.6. The average Bonchev–Trinajstić information content (AvgIpc) is 3.08. The maximum absolute atomic E-state index is 12.4. The lowest BCUT2D eigenvalue weighted by molar-refractivity contribution is -0.161. The number of hydrogen-bond donors (Lipinski definition) is 2. The number of hydrogen-bond acceptors (Lipinski definition) is 6. The summed E-state index contributed by atoms with van der Waals surface area (Å²) >= 11 is 0. The van der Waals surface area contributed by atoms with Gasteiger partial charge < -0.3 is 19.3 Å². The Morgan fingerprint density at radius 3 is 1.24 bits per heavy atom. The SMILES string of the molecule is CCCCCC/C=C\CCCCCCCCCC(=O)OC[C@H](COP(=O)(O)O)OC(=O)CCCCCCCCCCCCCCCCCCC. The topological polar surface area (TPSA) is 119 Å². The molecule has 0 fully saturated rings. The van der Waals surface area contributed by atoms with E-state index in [0.717, 1.165) is 44.9 Å². The van der Waals surface area contributed by atoms with Crippen LogP contribution in [0.15, 0.2) is 12.2 Å². The summed E-state index contributed by atoms with van der Waals surface area (Å²) in [6.07, 6.45) is 40.7. The number of carbonyl (C=O) groups excluding carboxylic acids is 2. The van der Waals surface area contributed by atoms with Crippen LogP contribution in [0.1, 0.15) is 219 Å². The lowest BCUT2D eigenvalue weighted by atomic mass is 10.0. The zero-order valence-corrected chi connectivity index (χ0v) is 33.5. The van der Waals surface area contributed by atoms with E-state index in [1.807, 2.05) is 0 Å². The summed E-state index contributed by atoms with van der Waals surface area (Å²) in [5.74, 6) is -0.878. The van der Waals surface area contributed by atoms with Crippen LogP contribution in [0.25, 0.3) is 0 Å². The molecule has 0 aliphatic heterocycles. The summed E-state index contributed by atoms with van der Waals surface area (Å²) in [6, 6.07) is 0. The van der Waals surface area contributed by atoms with Crippen LogP contribution in [0, 0.1) is 0 Å². The molecule has 8 nitrogen and oxygen atoms in total. The molecule has 0 aliphatic rings. The van der Waals surface area contributed by atoms with Gasteiger partial charge in [-0.2, -0.15) is 0 Å². The highest BCUT2D eigenvalue weighted by molar-refractivity contribution is 7.46. The molecule has 50 heavy (non-hydrogen) atoms. The molecule has 296 valence electrons. The van der Waals surface area contributed by atoms with Crippen molar-refractivity contribution in [2.24, 2.45) is 0 Å². The van der Waals surface area contributed by atoms with Crippen molar-refractivity contribution in [3.8, 4) is 0 Å². The Balaban J connectivity index is 3.88. The number of ether oxygens (including phenoxy) is 2. The first kappa shape index (κ1) is 48.8. The van der Waals surface area contributed by atoms with E-state index in [0.29, 0.717) is 6.42 Å². The predicted molar refractivity (Wildman–Crippen MR) is 207 cm³/mol. The summed E-state index contributed by atoms with van der Waals surface area (Å²) in [5, 5.41) is 0. The van der Waals surface area contributed by atoms with Crippen LogP contribution >= 0.6 is 7.82 Å². The van der Waals surface area contributed by atoms with E-state index in [2.05, 4.69) is 30.5 Å². The van der Waals surface area contributed by atoms with Crippen LogP contribution in [-0.4, -0.2) is 41.0 Å². The lowest BCUT2D eigenvalue weighted by Crippen LogP contribution is -2.29. The average molecular weight is 731 g/mol. The molecule has 0 aromatic rings. The number of esters is 2. The first-order valence-corrected chi connectivity index (χ1v) is 22.5. The number of rotatable bonds is 39. The fourth-order valence-electron chi connectivity index (χ4n) is 6.13. The van der Waals surface area contributed by atoms with Gasteiger partial charge in [-0.1, -0.05) is 180 Å². The van der Waals surface area contributed by atoms with Crippen LogP contribution in [0.3, 0.4) is 0 Å². The van der Waals surface area contributed by atoms with E-state index in [9.17, 15) is 14.2 Å². The van der Waals surface area contributed by atoms with Gasteiger partial charge in [-0.25, -0.2) is 4.57 Å². The molecule has 0 bridgehead atoms. The molecular weight excluding hydrogens is 651 g/mol.